The summed E-state index contributed by atoms with van der Waals surface area (Å²) in [4.78, 5) is 27.4. The van der Waals surface area contributed by atoms with Crippen LogP contribution in [0.3, 0.4) is 0 Å². The van der Waals surface area contributed by atoms with Gasteiger partial charge in [-0.25, -0.2) is 0 Å². The standard InChI is InChI=1S/C13H16N2O4/c16-12(11-2-1-8-18-11)15-6-4-14(5-7-15)10-3-9-19-13(10)17/h1-2,8,10H,3-7,9H2/t10-/m0/s1. The van der Waals surface area contributed by atoms with Crippen molar-refractivity contribution in [2.24, 2.45) is 0 Å². The van der Waals surface area contributed by atoms with Gasteiger partial charge < -0.3 is 14.1 Å². The molecule has 102 valence electrons. The molecule has 0 unspecified atom stereocenters. The molecule has 1 amide bonds. The minimum absolute atomic E-state index is 0.0846. The number of carbonyl (C=O) groups is 2. The lowest BCUT2D eigenvalue weighted by Crippen LogP contribution is -2.53. The number of hydrogen-bond donors (Lipinski definition) is 0. The summed E-state index contributed by atoms with van der Waals surface area (Å²) in [5.74, 6) is 0.151. The van der Waals surface area contributed by atoms with Crippen LogP contribution in [0.25, 0.3) is 0 Å². The molecule has 0 bridgehead atoms. The predicted octanol–water partition coefficient (Wildman–Crippen LogP) is 0.353. The highest BCUT2D eigenvalue weighted by Crippen LogP contribution is 2.17. The van der Waals surface area contributed by atoms with Gasteiger partial charge >= 0.3 is 5.97 Å². The van der Waals surface area contributed by atoms with Crippen LogP contribution in [-0.2, 0) is 9.53 Å². The minimum Gasteiger partial charge on any atom is -0.464 e. The Labute approximate surface area is 110 Å². The quantitative estimate of drug-likeness (QED) is 0.721. The molecule has 0 aromatic carbocycles. The predicted molar refractivity (Wildman–Crippen MR) is 65.5 cm³/mol. The molecule has 6 heteroatoms. The smallest absolute Gasteiger partial charge is 0.323 e. The van der Waals surface area contributed by atoms with Gasteiger partial charge in [-0.1, -0.05) is 0 Å². The molecule has 2 aliphatic heterocycles. The van der Waals surface area contributed by atoms with E-state index >= 15 is 0 Å². The summed E-state index contributed by atoms with van der Waals surface area (Å²) >= 11 is 0. The molecule has 1 aromatic rings. The highest BCUT2D eigenvalue weighted by atomic mass is 16.5. The second kappa shape index (κ2) is 5.05. The Hall–Kier alpha value is -1.82. The van der Waals surface area contributed by atoms with Crippen molar-refractivity contribution >= 4 is 11.9 Å². The SMILES string of the molecule is O=C1OCC[C@@H]1N1CCN(C(=O)c2ccco2)CC1. The molecule has 2 saturated heterocycles. The molecule has 1 atom stereocenters. The first-order valence-corrected chi connectivity index (χ1v) is 6.49. The van der Waals surface area contributed by atoms with Gasteiger partial charge in [0.1, 0.15) is 6.04 Å². The molecule has 2 fully saturated rings. The lowest BCUT2D eigenvalue weighted by molar-refractivity contribution is -0.142. The van der Waals surface area contributed by atoms with Crippen molar-refractivity contribution in [1.29, 1.82) is 0 Å². The van der Waals surface area contributed by atoms with Gasteiger partial charge in [0.25, 0.3) is 5.91 Å². The van der Waals surface area contributed by atoms with Crippen molar-refractivity contribution in [3.8, 4) is 0 Å². The zero-order chi connectivity index (χ0) is 13.2. The number of furan rings is 1. The summed E-state index contributed by atoms with van der Waals surface area (Å²) < 4.78 is 10.1. The van der Waals surface area contributed by atoms with Gasteiger partial charge in [-0.3, -0.25) is 14.5 Å². The van der Waals surface area contributed by atoms with Gasteiger partial charge in [0.05, 0.1) is 12.9 Å². The summed E-state index contributed by atoms with van der Waals surface area (Å²) in [6.45, 7) is 3.14. The fourth-order valence-corrected chi connectivity index (χ4v) is 2.61. The second-order valence-electron chi connectivity index (χ2n) is 4.78. The number of hydrogen-bond acceptors (Lipinski definition) is 5. The number of rotatable bonds is 2. The van der Waals surface area contributed by atoms with E-state index in [1.54, 1.807) is 17.0 Å². The number of amides is 1. The van der Waals surface area contributed by atoms with Gasteiger partial charge in [0.15, 0.2) is 5.76 Å². The Morgan fingerprint density at radius 1 is 1.26 bits per heavy atom. The van der Waals surface area contributed by atoms with Crippen molar-refractivity contribution in [3.05, 3.63) is 24.2 Å². The lowest BCUT2D eigenvalue weighted by atomic mass is 10.2. The van der Waals surface area contributed by atoms with E-state index < -0.39 is 0 Å². The topological polar surface area (TPSA) is 63.0 Å². The number of cyclic esters (lactones) is 1. The van der Waals surface area contributed by atoms with Crippen LogP contribution in [0.2, 0.25) is 0 Å². The summed E-state index contributed by atoms with van der Waals surface area (Å²) in [6.07, 6.45) is 2.25. The molecule has 3 rings (SSSR count). The third-order valence-electron chi connectivity index (χ3n) is 3.68. The van der Waals surface area contributed by atoms with Crippen LogP contribution in [0, 0.1) is 0 Å². The average Bonchev–Trinajstić information content (AvgIpc) is 3.09. The molecule has 0 N–H and O–H groups in total. The molecule has 0 radical (unpaired) electrons. The van der Waals surface area contributed by atoms with E-state index in [1.165, 1.54) is 6.26 Å². The molecule has 6 nitrogen and oxygen atoms in total. The summed E-state index contributed by atoms with van der Waals surface area (Å²) in [7, 11) is 0. The number of nitrogens with zero attached hydrogens (tertiary/aromatic N) is 2. The number of ether oxygens (including phenoxy) is 1. The first kappa shape index (κ1) is 12.2. The molecule has 3 heterocycles. The molecule has 0 spiro atoms. The maximum absolute atomic E-state index is 12.1. The first-order valence-electron chi connectivity index (χ1n) is 6.49. The zero-order valence-electron chi connectivity index (χ0n) is 10.6. The van der Waals surface area contributed by atoms with Crippen LogP contribution in [0.4, 0.5) is 0 Å². The Bertz CT molecular complexity index is 463. The maximum atomic E-state index is 12.1. The Kier molecular flexibility index (Phi) is 3.25. The number of carbonyl (C=O) groups excluding carboxylic acids is 2. The van der Waals surface area contributed by atoms with Crippen molar-refractivity contribution < 1.29 is 18.7 Å². The van der Waals surface area contributed by atoms with Crippen molar-refractivity contribution in [3.63, 3.8) is 0 Å². The van der Waals surface area contributed by atoms with Crippen molar-refractivity contribution in [1.82, 2.24) is 9.80 Å². The molecule has 2 aliphatic rings. The second-order valence-corrected chi connectivity index (χ2v) is 4.78. The molecular formula is C13H16N2O4. The maximum Gasteiger partial charge on any atom is 0.323 e. The van der Waals surface area contributed by atoms with E-state index in [4.69, 9.17) is 9.15 Å². The van der Waals surface area contributed by atoms with Crippen LogP contribution < -0.4 is 0 Å². The van der Waals surface area contributed by atoms with Crippen molar-refractivity contribution in [2.75, 3.05) is 32.8 Å². The van der Waals surface area contributed by atoms with Crippen LogP contribution in [0.5, 0.6) is 0 Å². The minimum atomic E-state index is -0.134. The Morgan fingerprint density at radius 2 is 2.05 bits per heavy atom. The third kappa shape index (κ3) is 2.35. The highest BCUT2D eigenvalue weighted by molar-refractivity contribution is 5.91. The van der Waals surface area contributed by atoms with Crippen LogP contribution in [-0.4, -0.2) is 60.5 Å². The third-order valence-corrected chi connectivity index (χ3v) is 3.68. The van der Waals surface area contributed by atoms with Crippen LogP contribution in [0.15, 0.2) is 22.8 Å². The molecule has 0 saturated carbocycles. The fourth-order valence-electron chi connectivity index (χ4n) is 2.61. The fraction of sp³-hybridized carbons (Fsp3) is 0.538. The average molecular weight is 264 g/mol. The molecule has 1 aromatic heterocycles. The highest BCUT2D eigenvalue weighted by Gasteiger charge is 2.35. The van der Waals surface area contributed by atoms with Gasteiger partial charge in [-0.15, -0.1) is 0 Å². The summed E-state index contributed by atoms with van der Waals surface area (Å²) in [6, 6.07) is 3.25. The first-order chi connectivity index (χ1) is 9.25. The number of esters is 1. The molecule has 0 aliphatic carbocycles. The van der Waals surface area contributed by atoms with E-state index in [9.17, 15) is 9.59 Å². The van der Waals surface area contributed by atoms with Crippen molar-refractivity contribution in [2.45, 2.75) is 12.5 Å². The van der Waals surface area contributed by atoms with E-state index in [1.807, 2.05) is 0 Å². The molecular weight excluding hydrogens is 248 g/mol. The number of piperazine rings is 1. The largest absolute Gasteiger partial charge is 0.464 e. The van der Waals surface area contributed by atoms with Crippen LogP contribution >= 0.6 is 0 Å². The van der Waals surface area contributed by atoms with E-state index in [2.05, 4.69) is 4.90 Å². The Morgan fingerprint density at radius 3 is 2.63 bits per heavy atom. The molecule has 19 heavy (non-hydrogen) atoms. The normalized spacial score (nSPS) is 24.5. The van der Waals surface area contributed by atoms with Gasteiger partial charge in [-0.2, -0.15) is 0 Å². The monoisotopic (exact) mass is 264 g/mol. The zero-order valence-corrected chi connectivity index (χ0v) is 10.6. The lowest BCUT2D eigenvalue weighted by Gasteiger charge is -2.36. The summed E-state index contributed by atoms with van der Waals surface area (Å²) in [5.41, 5.74) is 0. The van der Waals surface area contributed by atoms with E-state index in [0.717, 1.165) is 6.42 Å². The Balaban J connectivity index is 1.57. The van der Waals surface area contributed by atoms with Gasteiger partial charge in [-0.05, 0) is 12.1 Å². The van der Waals surface area contributed by atoms with Crippen LogP contribution in [0.1, 0.15) is 17.0 Å². The van der Waals surface area contributed by atoms with E-state index in [0.29, 0.717) is 38.5 Å². The van der Waals surface area contributed by atoms with E-state index in [-0.39, 0.29) is 17.9 Å². The van der Waals surface area contributed by atoms with Gasteiger partial charge in [0.2, 0.25) is 0 Å². The van der Waals surface area contributed by atoms with Gasteiger partial charge in [0, 0.05) is 32.6 Å². The summed E-state index contributed by atoms with van der Waals surface area (Å²) in [5, 5.41) is 0.